The highest BCUT2D eigenvalue weighted by atomic mass is 32.2. The van der Waals surface area contributed by atoms with Crippen LogP contribution in [0.25, 0.3) is 0 Å². The topological polar surface area (TPSA) is 52.3 Å². The van der Waals surface area contributed by atoms with E-state index in [0.717, 1.165) is 25.0 Å². The Morgan fingerprint density at radius 1 is 1.40 bits per heavy atom. The highest BCUT2D eigenvalue weighted by Crippen LogP contribution is 2.19. The molecule has 90 valence electrons. The number of carbonyl (C=O) groups is 1. The second-order valence-electron chi connectivity index (χ2n) is 3.67. The minimum absolute atomic E-state index is 0.00583. The molecule has 0 aromatic heterocycles. The summed E-state index contributed by atoms with van der Waals surface area (Å²) in [5.41, 5.74) is 5.66. The number of carbonyl (C=O) groups excluding carboxylic acids is 1. The van der Waals surface area contributed by atoms with Crippen molar-refractivity contribution in [1.29, 1.82) is 0 Å². The molecule has 0 amide bonds. The van der Waals surface area contributed by atoms with Crippen molar-refractivity contribution in [2.24, 2.45) is 5.73 Å². The molecule has 0 radical (unpaired) electrons. The molecule has 0 saturated carbocycles. The van der Waals surface area contributed by atoms with E-state index in [9.17, 15) is 4.79 Å². The van der Waals surface area contributed by atoms with Gasteiger partial charge in [-0.1, -0.05) is 13.3 Å². The maximum absolute atomic E-state index is 11.5. The first kappa shape index (κ1) is 14.8. The zero-order valence-electron chi connectivity index (χ0n) is 9.99. The summed E-state index contributed by atoms with van der Waals surface area (Å²) in [6.45, 7) is 6.37. The molecule has 2 unspecified atom stereocenters. The second kappa shape index (κ2) is 9.04. The molecule has 4 heteroatoms. The van der Waals surface area contributed by atoms with Crippen LogP contribution in [0.1, 0.15) is 40.0 Å². The summed E-state index contributed by atoms with van der Waals surface area (Å²) in [5.74, 6) is 0.857. The van der Waals surface area contributed by atoms with Gasteiger partial charge in [-0.2, -0.15) is 0 Å². The van der Waals surface area contributed by atoms with E-state index in [-0.39, 0.29) is 17.3 Å². The van der Waals surface area contributed by atoms with E-state index in [0.29, 0.717) is 6.61 Å². The van der Waals surface area contributed by atoms with Crippen molar-refractivity contribution in [1.82, 2.24) is 0 Å². The minimum Gasteiger partial charge on any atom is -0.465 e. The van der Waals surface area contributed by atoms with Gasteiger partial charge in [0.2, 0.25) is 0 Å². The Kier molecular flexibility index (Phi) is 8.91. The van der Waals surface area contributed by atoms with Gasteiger partial charge >= 0.3 is 5.97 Å². The molecule has 15 heavy (non-hydrogen) atoms. The molecule has 0 aliphatic heterocycles. The summed E-state index contributed by atoms with van der Waals surface area (Å²) in [5, 5.41) is -0.00583. The van der Waals surface area contributed by atoms with E-state index in [2.05, 4.69) is 6.92 Å². The zero-order valence-corrected chi connectivity index (χ0v) is 10.8. The van der Waals surface area contributed by atoms with Gasteiger partial charge < -0.3 is 10.5 Å². The van der Waals surface area contributed by atoms with Crippen molar-refractivity contribution >= 4 is 17.7 Å². The predicted octanol–water partition coefficient (Wildman–Crippen LogP) is 2.19. The average molecular weight is 233 g/mol. The molecule has 0 saturated heterocycles. The maximum Gasteiger partial charge on any atom is 0.319 e. The van der Waals surface area contributed by atoms with Crippen LogP contribution in [-0.4, -0.2) is 29.6 Å². The number of nitrogens with two attached hydrogens (primary N) is 1. The van der Waals surface area contributed by atoms with Crippen LogP contribution < -0.4 is 5.73 Å². The molecule has 0 heterocycles. The molecule has 0 bridgehead atoms. The van der Waals surface area contributed by atoms with Gasteiger partial charge in [0.05, 0.1) is 6.61 Å². The number of hydrogen-bond donors (Lipinski definition) is 1. The lowest BCUT2D eigenvalue weighted by molar-refractivity contribution is -0.142. The Hall–Kier alpha value is -0.220. The van der Waals surface area contributed by atoms with Crippen molar-refractivity contribution in [2.45, 2.75) is 51.3 Å². The fraction of sp³-hybridized carbons (Fsp3) is 0.909. The Labute approximate surface area is 97.1 Å². The lowest BCUT2D eigenvalue weighted by Gasteiger charge is -2.14. The van der Waals surface area contributed by atoms with Crippen LogP contribution in [-0.2, 0) is 9.53 Å². The molecular formula is C11H23NO2S. The van der Waals surface area contributed by atoms with E-state index in [4.69, 9.17) is 10.5 Å². The van der Waals surface area contributed by atoms with E-state index in [1.54, 1.807) is 11.8 Å². The molecule has 0 aromatic rings. The first-order valence-electron chi connectivity index (χ1n) is 5.65. The van der Waals surface area contributed by atoms with Crippen LogP contribution in [0.5, 0.6) is 0 Å². The van der Waals surface area contributed by atoms with Crippen molar-refractivity contribution in [3.63, 3.8) is 0 Å². The van der Waals surface area contributed by atoms with Crippen molar-refractivity contribution in [3.8, 4) is 0 Å². The third-order valence-corrected chi connectivity index (χ3v) is 3.29. The van der Waals surface area contributed by atoms with Crippen LogP contribution in [0.3, 0.4) is 0 Å². The SMILES string of the molecule is CCCC(SCCC(C)N)C(=O)OCC. The molecule has 2 N–H and O–H groups in total. The quantitative estimate of drug-likeness (QED) is 0.653. The predicted molar refractivity (Wildman–Crippen MR) is 66.1 cm³/mol. The highest BCUT2D eigenvalue weighted by molar-refractivity contribution is 8.00. The molecule has 0 aliphatic carbocycles. The third kappa shape index (κ3) is 7.68. The molecule has 0 fully saturated rings. The summed E-state index contributed by atoms with van der Waals surface area (Å²) < 4.78 is 5.02. The maximum atomic E-state index is 11.5. The van der Waals surface area contributed by atoms with Gasteiger partial charge in [0.25, 0.3) is 0 Å². The third-order valence-electron chi connectivity index (χ3n) is 1.99. The van der Waals surface area contributed by atoms with Crippen LogP contribution in [0.15, 0.2) is 0 Å². The molecule has 3 nitrogen and oxygen atoms in total. The van der Waals surface area contributed by atoms with Gasteiger partial charge in [-0.15, -0.1) is 11.8 Å². The Balaban J connectivity index is 3.87. The minimum atomic E-state index is -0.0750. The largest absolute Gasteiger partial charge is 0.465 e. The molecule has 0 rings (SSSR count). The number of rotatable bonds is 8. The van der Waals surface area contributed by atoms with E-state index < -0.39 is 0 Å². The fourth-order valence-corrected chi connectivity index (χ4v) is 2.56. The lowest BCUT2D eigenvalue weighted by atomic mass is 10.2. The first-order valence-corrected chi connectivity index (χ1v) is 6.70. The van der Waals surface area contributed by atoms with Crippen LogP contribution in [0.2, 0.25) is 0 Å². The molecule has 0 spiro atoms. The standard InChI is InChI=1S/C11H23NO2S/c1-4-6-10(11(13)14-5-2)15-8-7-9(3)12/h9-10H,4-8,12H2,1-3H3. The van der Waals surface area contributed by atoms with Crippen molar-refractivity contribution in [3.05, 3.63) is 0 Å². The van der Waals surface area contributed by atoms with Crippen molar-refractivity contribution < 1.29 is 9.53 Å². The lowest BCUT2D eigenvalue weighted by Crippen LogP contribution is -2.22. The van der Waals surface area contributed by atoms with Crippen LogP contribution in [0.4, 0.5) is 0 Å². The highest BCUT2D eigenvalue weighted by Gasteiger charge is 2.18. The average Bonchev–Trinajstić information content (AvgIpc) is 2.16. The molecular weight excluding hydrogens is 210 g/mol. The monoisotopic (exact) mass is 233 g/mol. The summed E-state index contributed by atoms with van der Waals surface area (Å²) in [4.78, 5) is 11.5. The Morgan fingerprint density at radius 2 is 2.07 bits per heavy atom. The van der Waals surface area contributed by atoms with E-state index in [1.807, 2.05) is 13.8 Å². The Bertz CT molecular complexity index is 174. The number of thioether (sulfide) groups is 1. The summed E-state index contributed by atoms with van der Waals surface area (Å²) in [6.07, 6.45) is 2.85. The smallest absolute Gasteiger partial charge is 0.319 e. The number of hydrogen-bond acceptors (Lipinski definition) is 4. The number of ether oxygens (including phenoxy) is 1. The van der Waals surface area contributed by atoms with Gasteiger partial charge in [0.15, 0.2) is 0 Å². The van der Waals surface area contributed by atoms with Gasteiger partial charge in [-0.3, -0.25) is 4.79 Å². The van der Waals surface area contributed by atoms with E-state index in [1.165, 1.54) is 0 Å². The summed E-state index contributed by atoms with van der Waals surface area (Å²) >= 11 is 1.67. The molecule has 0 aliphatic rings. The molecule has 2 atom stereocenters. The van der Waals surface area contributed by atoms with Crippen molar-refractivity contribution in [2.75, 3.05) is 12.4 Å². The van der Waals surface area contributed by atoms with Gasteiger partial charge in [0.1, 0.15) is 5.25 Å². The van der Waals surface area contributed by atoms with Gasteiger partial charge in [-0.25, -0.2) is 0 Å². The molecule has 0 aromatic carbocycles. The Morgan fingerprint density at radius 3 is 2.53 bits per heavy atom. The normalized spacial score (nSPS) is 14.7. The van der Waals surface area contributed by atoms with Gasteiger partial charge in [-0.05, 0) is 32.4 Å². The van der Waals surface area contributed by atoms with Crippen LogP contribution >= 0.6 is 11.8 Å². The zero-order chi connectivity index (χ0) is 11.7. The second-order valence-corrected chi connectivity index (χ2v) is 4.98. The number of esters is 1. The van der Waals surface area contributed by atoms with Gasteiger partial charge in [0, 0.05) is 6.04 Å². The van der Waals surface area contributed by atoms with E-state index >= 15 is 0 Å². The first-order chi connectivity index (χ1) is 7.11. The summed E-state index contributed by atoms with van der Waals surface area (Å²) in [6, 6.07) is 0.210. The van der Waals surface area contributed by atoms with Crippen LogP contribution in [0, 0.1) is 0 Å². The summed E-state index contributed by atoms with van der Waals surface area (Å²) in [7, 11) is 0. The fourth-order valence-electron chi connectivity index (χ4n) is 1.16.